The van der Waals surface area contributed by atoms with Crippen LogP contribution in [0.3, 0.4) is 0 Å². The zero-order valence-corrected chi connectivity index (χ0v) is 10.9. The summed E-state index contributed by atoms with van der Waals surface area (Å²) in [6.45, 7) is 1.93. The number of hydrogen-bond donors (Lipinski definition) is 0. The molecule has 84 valence electrons. The molecule has 1 aliphatic carbocycles. The number of halogens is 1. The van der Waals surface area contributed by atoms with E-state index in [1.807, 2.05) is 11.4 Å². The van der Waals surface area contributed by atoms with Gasteiger partial charge in [0.1, 0.15) is 10.4 Å². The van der Waals surface area contributed by atoms with Crippen molar-refractivity contribution >= 4 is 21.6 Å². The molecule has 2 aromatic rings. The first kappa shape index (κ1) is 10.3. The fourth-order valence-electron chi connectivity index (χ4n) is 2.57. The summed E-state index contributed by atoms with van der Waals surface area (Å²) < 4.78 is 2.86. The van der Waals surface area contributed by atoms with E-state index < -0.39 is 0 Å². The summed E-state index contributed by atoms with van der Waals surface area (Å²) in [5.74, 6) is 1.54. The van der Waals surface area contributed by atoms with Crippen LogP contribution in [0.5, 0.6) is 0 Å². The van der Waals surface area contributed by atoms with Gasteiger partial charge in [-0.15, -0.1) is 0 Å². The van der Waals surface area contributed by atoms with Gasteiger partial charge >= 0.3 is 0 Å². The van der Waals surface area contributed by atoms with Gasteiger partial charge in [-0.1, -0.05) is 12.8 Å². The highest BCUT2D eigenvalue weighted by atomic mass is 79.9. The fraction of sp³-hybridized carbons (Fsp3) is 0.500. The van der Waals surface area contributed by atoms with Gasteiger partial charge in [-0.05, 0) is 59.3 Å². The van der Waals surface area contributed by atoms with E-state index in [9.17, 15) is 0 Å². The zero-order chi connectivity index (χ0) is 11.1. The van der Waals surface area contributed by atoms with Crippen LogP contribution < -0.4 is 0 Å². The fourth-order valence-corrected chi connectivity index (χ4v) is 3.09. The summed E-state index contributed by atoms with van der Waals surface area (Å²) in [5, 5.41) is 4.34. The van der Waals surface area contributed by atoms with Gasteiger partial charge in [-0.2, -0.15) is 5.10 Å². The first-order valence-corrected chi connectivity index (χ1v) is 6.56. The Bertz CT molecular complexity index is 526. The molecule has 4 heteroatoms. The normalized spacial score (nSPS) is 17.4. The van der Waals surface area contributed by atoms with E-state index in [4.69, 9.17) is 0 Å². The predicted molar refractivity (Wildman–Crippen MR) is 66.6 cm³/mol. The molecule has 0 aliphatic heterocycles. The summed E-state index contributed by atoms with van der Waals surface area (Å²) in [7, 11) is 0. The highest BCUT2D eigenvalue weighted by molar-refractivity contribution is 9.10. The minimum atomic E-state index is 0.721. The number of rotatable bonds is 1. The molecule has 3 nitrogen and oxygen atoms in total. The van der Waals surface area contributed by atoms with Gasteiger partial charge in [0, 0.05) is 0 Å². The lowest BCUT2D eigenvalue weighted by Crippen LogP contribution is -1.97. The highest BCUT2D eigenvalue weighted by Crippen LogP contribution is 2.35. The molecule has 1 aliphatic rings. The van der Waals surface area contributed by atoms with Crippen molar-refractivity contribution in [3.05, 3.63) is 28.1 Å². The summed E-state index contributed by atoms with van der Waals surface area (Å²) in [5.41, 5.74) is 2.36. The lowest BCUT2D eigenvalue weighted by molar-refractivity contribution is 0.719. The summed E-state index contributed by atoms with van der Waals surface area (Å²) in [4.78, 5) is 4.43. The molecule has 2 aromatic heterocycles. The number of hydrogen-bond acceptors (Lipinski definition) is 2. The Morgan fingerprint density at radius 2 is 2.06 bits per heavy atom. The minimum absolute atomic E-state index is 0.721. The standard InChI is InChI=1S/C12H14BrN3/c1-8-14-12-7-10(9-4-2-3-5-9)6-11(13)16(12)15-8/h6-7,9H,2-5H2,1H3. The second-order valence-corrected chi connectivity index (χ2v) is 5.33. The van der Waals surface area contributed by atoms with Crippen LogP contribution in [0.2, 0.25) is 0 Å². The third-order valence-corrected chi connectivity index (χ3v) is 3.91. The maximum absolute atomic E-state index is 4.43. The van der Waals surface area contributed by atoms with Gasteiger partial charge in [0.25, 0.3) is 0 Å². The van der Waals surface area contributed by atoms with Gasteiger partial charge < -0.3 is 0 Å². The molecule has 1 saturated carbocycles. The van der Waals surface area contributed by atoms with Crippen molar-refractivity contribution in [2.45, 2.75) is 38.5 Å². The first-order chi connectivity index (χ1) is 7.74. The third-order valence-electron chi connectivity index (χ3n) is 3.35. The Morgan fingerprint density at radius 3 is 2.81 bits per heavy atom. The topological polar surface area (TPSA) is 30.2 Å². The van der Waals surface area contributed by atoms with E-state index in [1.165, 1.54) is 31.2 Å². The van der Waals surface area contributed by atoms with Crippen molar-refractivity contribution in [2.24, 2.45) is 0 Å². The Balaban J connectivity index is 2.12. The van der Waals surface area contributed by atoms with Crippen molar-refractivity contribution in [2.75, 3.05) is 0 Å². The smallest absolute Gasteiger partial charge is 0.157 e. The van der Waals surface area contributed by atoms with Crippen LogP contribution in [0.1, 0.15) is 43.0 Å². The van der Waals surface area contributed by atoms with Crippen molar-refractivity contribution < 1.29 is 0 Å². The zero-order valence-electron chi connectivity index (χ0n) is 9.28. The second kappa shape index (κ2) is 3.84. The van der Waals surface area contributed by atoms with Gasteiger partial charge in [0.05, 0.1) is 0 Å². The number of nitrogens with zero attached hydrogens (tertiary/aromatic N) is 3. The van der Waals surface area contributed by atoms with Crippen LogP contribution in [0, 0.1) is 6.92 Å². The van der Waals surface area contributed by atoms with E-state index >= 15 is 0 Å². The lowest BCUT2D eigenvalue weighted by Gasteiger charge is -2.10. The first-order valence-electron chi connectivity index (χ1n) is 5.77. The Kier molecular flexibility index (Phi) is 2.46. The third kappa shape index (κ3) is 1.65. The molecule has 0 atom stereocenters. The van der Waals surface area contributed by atoms with Crippen molar-refractivity contribution in [3.63, 3.8) is 0 Å². The predicted octanol–water partition coefficient (Wildman–Crippen LogP) is 3.46. The lowest BCUT2D eigenvalue weighted by atomic mass is 9.99. The molecule has 2 heterocycles. The molecular weight excluding hydrogens is 266 g/mol. The average molecular weight is 280 g/mol. The van der Waals surface area contributed by atoms with Gasteiger partial charge in [-0.3, -0.25) is 0 Å². The molecular formula is C12H14BrN3. The molecule has 0 bridgehead atoms. The molecule has 0 aromatic carbocycles. The van der Waals surface area contributed by atoms with E-state index in [-0.39, 0.29) is 0 Å². The summed E-state index contributed by atoms with van der Waals surface area (Å²) in [6.07, 6.45) is 5.35. The molecule has 0 unspecified atom stereocenters. The summed E-state index contributed by atoms with van der Waals surface area (Å²) in [6, 6.07) is 4.37. The Labute approximate surface area is 103 Å². The van der Waals surface area contributed by atoms with Crippen LogP contribution in [0.25, 0.3) is 5.65 Å². The van der Waals surface area contributed by atoms with Crippen molar-refractivity contribution in [1.82, 2.24) is 14.6 Å². The molecule has 3 rings (SSSR count). The number of aryl methyl sites for hydroxylation is 1. The van der Waals surface area contributed by atoms with Gasteiger partial charge in [-0.25, -0.2) is 9.50 Å². The molecule has 0 radical (unpaired) electrons. The van der Waals surface area contributed by atoms with Crippen LogP contribution in [-0.2, 0) is 0 Å². The molecule has 16 heavy (non-hydrogen) atoms. The van der Waals surface area contributed by atoms with E-state index in [2.05, 4.69) is 38.1 Å². The maximum Gasteiger partial charge on any atom is 0.157 e. The van der Waals surface area contributed by atoms with Gasteiger partial charge in [0.2, 0.25) is 0 Å². The number of aromatic nitrogens is 3. The SMILES string of the molecule is Cc1nc2cc(C3CCCC3)cc(Br)n2n1. The van der Waals surface area contributed by atoms with E-state index in [1.54, 1.807) is 0 Å². The number of pyridine rings is 1. The monoisotopic (exact) mass is 279 g/mol. The maximum atomic E-state index is 4.43. The quantitative estimate of drug-likeness (QED) is 0.749. The van der Waals surface area contributed by atoms with Crippen LogP contribution in [0.15, 0.2) is 16.7 Å². The van der Waals surface area contributed by atoms with E-state index in [0.717, 1.165) is 22.0 Å². The molecule has 0 saturated heterocycles. The molecule has 1 fully saturated rings. The van der Waals surface area contributed by atoms with Crippen LogP contribution in [0.4, 0.5) is 0 Å². The molecule has 0 spiro atoms. The Morgan fingerprint density at radius 1 is 1.31 bits per heavy atom. The van der Waals surface area contributed by atoms with Crippen molar-refractivity contribution in [1.29, 1.82) is 0 Å². The minimum Gasteiger partial charge on any atom is -0.212 e. The van der Waals surface area contributed by atoms with E-state index in [0.29, 0.717) is 0 Å². The van der Waals surface area contributed by atoms with Crippen LogP contribution >= 0.6 is 15.9 Å². The largest absolute Gasteiger partial charge is 0.212 e. The van der Waals surface area contributed by atoms with Gasteiger partial charge in [0.15, 0.2) is 5.65 Å². The van der Waals surface area contributed by atoms with Crippen molar-refractivity contribution in [3.8, 4) is 0 Å². The molecule has 0 amide bonds. The number of fused-ring (bicyclic) bond motifs is 1. The average Bonchev–Trinajstić information content (AvgIpc) is 2.84. The van der Waals surface area contributed by atoms with Crippen LogP contribution in [-0.4, -0.2) is 14.6 Å². The molecule has 0 N–H and O–H groups in total. The summed E-state index contributed by atoms with van der Waals surface area (Å²) >= 11 is 3.57. The Hall–Kier alpha value is -0.900. The second-order valence-electron chi connectivity index (χ2n) is 4.52. The highest BCUT2D eigenvalue weighted by Gasteiger charge is 2.18.